The van der Waals surface area contributed by atoms with Crippen LogP contribution in [0.25, 0.3) is 0 Å². The first-order valence-electron chi connectivity index (χ1n) is 24.7. The second-order valence-corrected chi connectivity index (χ2v) is 16.0. The van der Waals surface area contributed by atoms with Crippen molar-refractivity contribution in [1.82, 2.24) is 0 Å². The van der Waals surface area contributed by atoms with Crippen molar-refractivity contribution in [1.29, 1.82) is 0 Å². The number of hydrogen-bond acceptors (Lipinski definition) is 6. The minimum absolute atomic E-state index is 0.0955. The van der Waals surface area contributed by atoms with Gasteiger partial charge in [0.1, 0.15) is 13.2 Å². The molecule has 0 aromatic carbocycles. The highest BCUT2D eigenvalue weighted by molar-refractivity contribution is 5.71. The molecule has 0 N–H and O–H groups in total. The number of rotatable bonds is 43. The third-order valence-electron chi connectivity index (χ3n) is 10.1. The normalized spacial score (nSPS) is 12.9. The van der Waals surface area contributed by atoms with Crippen LogP contribution in [0.4, 0.5) is 0 Å². The molecule has 0 fully saturated rings. The molecule has 0 rings (SSSR count). The minimum Gasteiger partial charge on any atom is -0.462 e. The lowest BCUT2D eigenvalue weighted by Crippen LogP contribution is -2.30. The topological polar surface area (TPSA) is 78.9 Å². The molecule has 0 aromatic rings. The second kappa shape index (κ2) is 49.0. The predicted octanol–water partition coefficient (Wildman–Crippen LogP) is 16.2. The summed E-state index contributed by atoms with van der Waals surface area (Å²) in [4.78, 5) is 37.8. The third-order valence-corrected chi connectivity index (χ3v) is 10.1. The fourth-order valence-corrected chi connectivity index (χ4v) is 6.42. The van der Waals surface area contributed by atoms with Crippen molar-refractivity contribution in [3.63, 3.8) is 0 Å². The van der Waals surface area contributed by atoms with Gasteiger partial charge in [0.15, 0.2) is 6.10 Å². The van der Waals surface area contributed by atoms with Crippen LogP contribution < -0.4 is 0 Å². The highest BCUT2D eigenvalue weighted by atomic mass is 16.6. The van der Waals surface area contributed by atoms with E-state index in [4.69, 9.17) is 14.2 Å². The van der Waals surface area contributed by atoms with Crippen molar-refractivity contribution in [3.8, 4) is 0 Å². The van der Waals surface area contributed by atoms with Crippen LogP contribution in [0, 0.1) is 0 Å². The average molecular weight is 847 g/mol. The molecule has 61 heavy (non-hydrogen) atoms. The molecule has 0 saturated carbocycles. The molecule has 0 aliphatic rings. The molecule has 0 bridgehead atoms. The van der Waals surface area contributed by atoms with Crippen LogP contribution in [-0.4, -0.2) is 37.2 Å². The Balaban J connectivity index is 4.44. The molecule has 1 atom stereocenters. The van der Waals surface area contributed by atoms with Crippen molar-refractivity contribution in [2.75, 3.05) is 13.2 Å². The summed E-state index contributed by atoms with van der Waals surface area (Å²) < 4.78 is 16.7. The van der Waals surface area contributed by atoms with Gasteiger partial charge in [0.2, 0.25) is 0 Å². The van der Waals surface area contributed by atoms with Crippen LogP contribution >= 0.6 is 0 Å². The van der Waals surface area contributed by atoms with Crippen molar-refractivity contribution in [2.45, 2.75) is 219 Å². The summed E-state index contributed by atoms with van der Waals surface area (Å²) in [6.45, 7) is 6.33. The third kappa shape index (κ3) is 47.2. The number of carbonyl (C=O) groups excluding carboxylic acids is 3. The van der Waals surface area contributed by atoms with Crippen molar-refractivity contribution in [3.05, 3.63) is 97.2 Å². The largest absolute Gasteiger partial charge is 0.462 e. The Morgan fingerprint density at radius 1 is 0.344 bits per heavy atom. The van der Waals surface area contributed by atoms with Crippen LogP contribution in [0.1, 0.15) is 213 Å². The predicted molar refractivity (Wildman–Crippen MR) is 260 cm³/mol. The van der Waals surface area contributed by atoms with Crippen molar-refractivity contribution < 1.29 is 28.6 Å². The molecule has 6 heteroatoms. The van der Waals surface area contributed by atoms with Gasteiger partial charge in [0.25, 0.3) is 0 Å². The van der Waals surface area contributed by atoms with Crippen LogP contribution in [0.5, 0.6) is 0 Å². The van der Waals surface area contributed by atoms with Crippen LogP contribution in [0.3, 0.4) is 0 Å². The second-order valence-electron chi connectivity index (χ2n) is 16.0. The lowest BCUT2D eigenvalue weighted by Gasteiger charge is -2.18. The Bertz CT molecular complexity index is 1250. The minimum atomic E-state index is -0.798. The van der Waals surface area contributed by atoms with E-state index in [-0.39, 0.29) is 31.1 Å². The first-order valence-corrected chi connectivity index (χ1v) is 24.7. The maximum absolute atomic E-state index is 12.8. The Labute approximate surface area is 375 Å². The molecule has 0 radical (unpaired) electrons. The molecule has 0 amide bonds. The summed E-state index contributed by atoms with van der Waals surface area (Å²) in [7, 11) is 0. The first kappa shape index (κ1) is 57.3. The molecular weight excluding hydrogens is 757 g/mol. The van der Waals surface area contributed by atoms with Crippen LogP contribution in [0.15, 0.2) is 97.2 Å². The molecule has 346 valence electrons. The summed E-state index contributed by atoms with van der Waals surface area (Å²) in [5.74, 6) is -0.954. The average Bonchev–Trinajstić information content (AvgIpc) is 3.26. The van der Waals surface area contributed by atoms with Crippen molar-refractivity contribution >= 4 is 17.9 Å². The smallest absolute Gasteiger partial charge is 0.306 e. The summed E-state index contributed by atoms with van der Waals surface area (Å²) in [6, 6.07) is 0. The number of allylic oxidation sites excluding steroid dienone is 16. The lowest BCUT2D eigenvalue weighted by atomic mass is 10.1. The summed E-state index contributed by atoms with van der Waals surface area (Å²) in [5.41, 5.74) is 0. The monoisotopic (exact) mass is 847 g/mol. The molecule has 0 saturated heterocycles. The molecular formula is C55H90O6. The zero-order chi connectivity index (χ0) is 44.4. The van der Waals surface area contributed by atoms with E-state index in [0.29, 0.717) is 19.3 Å². The Morgan fingerprint density at radius 3 is 1.02 bits per heavy atom. The van der Waals surface area contributed by atoms with Gasteiger partial charge in [0.05, 0.1) is 0 Å². The summed E-state index contributed by atoms with van der Waals surface area (Å²) in [6.07, 6.45) is 63.9. The van der Waals surface area contributed by atoms with E-state index in [2.05, 4.69) is 118 Å². The van der Waals surface area contributed by atoms with E-state index in [0.717, 1.165) is 135 Å². The zero-order valence-corrected chi connectivity index (χ0v) is 39.4. The molecule has 0 aromatic heterocycles. The van der Waals surface area contributed by atoms with Gasteiger partial charge >= 0.3 is 17.9 Å². The van der Waals surface area contributed by atoms with Crippen molar-refractivity contribution in [2.24, 2.45) is 0 Å². The Kier molecular flexibility index (Phi) is 46.0. The van der Waals surface area contributed by atoms with E-state index < -0.39 is 6.10 Å². The van der Waals surface area contributed by atoms with Gasteiger partial charge in [-0.3, -0.25) is 14.4 Å². The SMILES string of the molecule is CC/C=C\C/C=C\C/C=C\C/C=C\C/C=C\CCCCCC(=O)OCC(COC(=O)CCCCCCCCCCC)OC(=O)CCCCCCC/C=C\C/C=C\C/C=C\CC. The molecule has 0 aliphatic carbocycles. The number of unbranched alkanes of at least 4 members (excludes halogenated alkanes) is 16. The number of carbonyl (C=O) groups is 3. The van der Waals surface area contributed by atoms with E-state index >= 15 is 0 Å². The maximum atomic E-state index is 12.8. The highest BCUT2D eigenvalue weighted by Crippen LogP contribution is 2.13. The molecule has 6 nitrogen and oxygen atoms in total. The van der Waals surface area contributed by atoms with Gasteiger partial charge < -0.3 is 14.2 Å². The van der Waals surface area contributed by atoms with E-state index in [9.17, 15) is 14.4 Å². The summed E-state index contributed by atoms with van der Waals surface area (Å²) >= 11 is 0. The zero-order valence-electron chi connectivity index (χ0n) is 39.4. The Hall–Kier alpha value is -3.67. The quantitative estimate of drug-likeness (QED) is 0.0263. The molecule has 1 unspecified atom stereocenters. The van der Waals surface area contributed by atoms with Gasteiger partial charge in [-0.1, -0.05) is 195 Å². The van der Waals surface area contributed by atoms with Crippen LogP contribution in [0.2, 0.25) is 0 Å². The standard InChI is InChI=1S/C55H90O6/c1-4-7-10-13-16-19-21-23-25-26-27-28-30-31-33-36-39-42-45-48-54(57)60-51-52(50-59-53(56)47-44-41-38-35-18-15-12-9-6-3)61-55(58)49-46-43-40-37-34-32-29-24-22-20-17-14-11-8-5-2/h7-8,10-11,16-17,19-20,23-25,27-29,31,33,52H,4-6,9,12-15,18,21-22,26,30,32,34-51H2,1-3H3/b10-7-,11-8-,19-16-,20-17-,25-23-,28-27-,29-24-,33-31-. The van der Waals surface area contributed by atoms with Gasteiger partial charge in [-0.15, -0.1) is 0 Å². The fourth-order valence-electron chi connectivity index (χ4n) is 6.42. The van der Waals surface area contributed by atoms with E-state index in [1.807, 2.05) is 0 Å². The number of esters is 3. The van der Waals surface area contributed by atoms with E-state index in [1.165, 1.54) is 38.5 Å². The van der Waals surface area contributed by atoms with Gasteiger partial charge in [-0.25, -0.2) is 0 Å². The number of hydrogen-bond donors (Lipinski definition) is 0. The highest BCUT2D eigenvalue weighted by Gasteiger charge is 2.19. The lowest BCUT2D eigenvalue weighted by molar-refractivity contribution is -0.167. The fraction of sp³-hybridized carbons (Fsp3) is 0.655. The van der Waals surface area contributed by atoms with Gasteiger partial charge in [-0.2, -0.15) is 0 Å². The molecule has 0 spiro atoms. The van der Waals surface area contributed by atoms with Crippen LogP contribution in [-0.2, 0) is 28.6 Å². The number of ether oxygens (including phenoxy) is 3. The van der Waals surface area contributed by atoms with Gasteiger partial charge in [-0.05, 0) is 96.3 Å². The summed E-state index contributed by atoms with van der Waals surface area (Å²) in [5, 5.41) is 0. The Morgan fingerprint density at radius 2 is 0.639 bits per heavy atom. The van der Waals surface area contributed by atoms with E-state index in [1.54, 1.807) is 0 Å². The van der Waals surface area contributed by atoms with Gasteiger partial charge in [0, 0.05) is 19.3 Å². The molecule has 0 aliphatic heterocycles. The first-order chi connectivity index (χ1) is 30.0. The molecule has 0 heterocycles. The maximum Gasteiger partial charge on any atom is 0.306 e.